The molecule has 0 aliphatic heterocycles. The van der Waals surface area contributed by atoms with Gasteiger partial charge in [-0.15, -0.1) is 5.46 Å². The Morgan fingerprint density at radius 2 is 1.54 bits per heavy atom. The van der Waals surface area contributed by atoms with E-state index in [1.807, 2.05) is 48.5 Å². The van der Waals surface area contributed by atoms with Gasteiger partial charge in [-0.05, 0) is 40.8 Å². The van der Waals surface area contributed by atoms with Gasteiger partial charge < -0.3 is 22.4 Å². The third kappa shape index (κ3) is 4.76. The van der Waals surface area contributed by atoms with Gasteiger partial charge in [0.25, 0.3) is 0 Å². The average molecular weight is 482 g/mol. The lowest BCUT2D eigenvalue weighted by Gasteiger charge is -2.25. The number of carbonyl (C=O) groups excluding carboxylic acids is 2. The zero-order valence-electron chi connectivity index (χ0n) is 19.6. The van der Waals surface area contributed by atoms with E-state index in [2.05, 4.69) is 4.74 Å². The van der Waals surface area contributed by atoms with Crippen LogP contribution in [0.2, 0.25) is 0 Å². The van der Waals surface area contributed by atoms with Gasteiger partial charge in [-0.1, -0.05) is 60.2 Å². The first kappa shape index (κ1) is 24.4. The summed E-state index contributed by atoms with van der Waals surface area (Å²) in [7, 11) is 2.51. The first-order valence-electron chi connectivity index (χ1n) is 11.1. The van der Waals surface area contributed by atoms with E-state index in [9.17, 15) is 22.5 Å². The Kier molecular flexibility index (Phi) is 6.61. The van der Waals surface area contributed by atoms with Gasteiger partial charge in [-0.25, -0.2) is 4.79 Å². The Hall–Kier alpha value is -3.75. The van der Waals surface area contributed by atoms with E-state index in [4.69, 9.17) is 4.74 Å². The van der Waals surface area contributed by atoms with Crippen molar-refractivity contribution in [1.82, 2.24) is 0 Å². The molecule has 1 aliphatic carbocycles. The third-order valence-electron chi connectivity index (χ3n) is 6.45. The zero-order valence-corrected chi connectivity index (χ0v) is 19.6. The van der Waals surface area contributed by atoms with E-state index in [-0.39, 0.29) is 35.8 Å². The number of esters is 1. The number of methoxy groups -OCH3 is 1. The molecule has 35 heavy (non-hydrogen) atoms. The predicted molar refractivity (Wildman–Crippen MR) is 129 cm³/mol. The molecule has 0 aromatic heterocycles. The second kappa shape index (κ2) is 9.48. The molecule has 5 nitrogen and oxygen atoms in total. The lowest BCUT2D eigenvalue weighted by atomic mass is 9.75. The molecule has 3 aromatic carbocycles. The molecule has 0 N–H and O–H groups in total. The summed E-state index contributed by atoms with van der Waals surface area (Å²) in [6, 6.07) is 18.0. The first-order valence-corrected chi connectivity index (χ1v) is 11.1. The fourth-order valence-electron chi connectivity index (χ4n) is 4.52. The molecular weight excluding hydrogens is 458 g/mol. The highest BCUT2D eigenvalue weighted by Crippen LogP contribution is 2.44. The van der Waals surface area contributed by atoms with Crippen LogP contribution in [0, 0.1) is 6.92 Å². The van der Waals surface area contributed by atoms with Crippen molar-refractivity contribution in [1.29, 1.82) is 0 Å². The van der Waals surface area contributed by atoms with Crippen LogP contribution in [0.3, 0.4) is 0 Å². The van der Waals surface area contributed by atoms with Crippen LogP contribution in [-0.4, -0.2) is 39.8 Å². The summed E-state index contributed by atoms with van der Waals surface area (Å²) >= 11 is 0. The van der Waals surface area contributed by atoms with Crippen molar-refractivity contribution in [3.63, 3.8) is 0 Å². The minimum absolute atomic E-state index is 0.0130. The van der Waals surface area contributed by atoms with E-state index >= 15 is 0 Å². The summed E-state index contributed by atoms with van der Waals surface area (Å²) in [5.74, 6) is -0.851. The molecule has 0 unspecified atom stereocenters. The number of hydrogen-bond acceptors (Lipinski definition) is 4. The topological polar surface area (TPSA) is 55.8 Å². The quantitative estimate of drug-likeness (QED) is 0.360. The van der Waals surface area contributed by atoms with Crippen molar-refractivity contribution in [3.8, 4) is 11.1 Å². The normalized spacial score (nSPS) is 12.6. The monoisotopic (exact) mass is 482 g/mol. The van der Waals surface area contributed by atoms with Crippen LogP contribution in [0.4, 0.5) is 23.4 Å². The summed E-state index contributed by atoms with van der Waals surface area (Å²) in [6.45, 7) is -4.03. The molecule has 0 heterocycles. The van der Waals surface area contributed by atoms with Gasteiger partial charge >= 0.3 is 19.0 Å². The molecular formula is C26H24BF3NO4-. The highest BCUT2D eigenvalue weighted by molar-refractivity contribution is 6.74. The summed E-state index contributed by atoms with van der Waals surface area (Å²) < 4.78 is 51.4. The van der Waals surface area contributed by atoms with Gasteiger partial charge in [-0.3, -0.25) is 9.69 Å². The number of halogens is 3. The second-order valence-electron chi connectivity index (χ2n) is 8.51. The molecule has 4 rings (SSSR count). The lowest BCUT2D eigenvalue weighted by Crippen LogP contribution is -2.38. The highest BCUT2D eigenvalue weighted by atomic mass is 19.4. The van der Waals surface area contributed by atoms with Crippen LogP contribution < -0.4 is 10.4 Å². The molecule has 182 valence electrons. The standard InChI is InChI=1S/C26H24BF3NO4/c1-16-17(13-25(32)34-3)12-18(14-24(16)27(28,29)30)31(2)26(33)35-15-23-21-10-6-4-8-19(21)20-9-5-7-11-22(20)23/h4-12,14,23H,13,15H2,1-3H3/q-1. The van der Waals surface area contributed by atoms with E-state index in [1.165, 1.54) is 27.1 Å². The SMILES string of the molecule is COC(=O)Cc1cc(N(C)C(=O)OCC2c3ccccc3-c3ccccc32)cc([B-](F)(F)F)c1C. The largest absolute Gasteiger partial charge is 0.509 e. The maximum atomic E-state index is 13.7. The molecule has 0 radical (unpaired) electrons. The second-order valence-corrected chi connectivity index (χ2v) is 8.51. The number of rotatable bonds is 6. The number of anilines is 1. The zero-order chi connectivity index (χ0) is 25.3. The van der Waals surface area contributed by atoms with Gasteiger partial charge in [0.15, 0.2) is 0 Å². The molecule has 1 aliphatic rings. The Balaban J connectivity index is 1.58. The first-order chi connectivity index (χ1) is 16.6. The van der Waals surface area contributed by atoms with Gasteiger partial charge in [0.2, 0.25) is 0 Å². The number of amides is 1. The van der Waals surface area contributed by atoms with Gasteiger partial charge in [0.1, 0.15) is 6.61 Å². The Labute approximate surface area is 201 Å². The molecule has 0 bridgehead atoms. The number of hydrogen-bond donors (Lipinski definition) is 0. The number of ether oxygens (including phenoxy) is 2. The third-order valence-corrected chi connectivity index (χ3v) is 6.45. The fraction of sp³-hybridized carbons (Fsp3) is 0.231. The van der Waals surface area contributed by atoms with Crippen LogP contribution in [0.15, 0.2) is 60.7 Å². The van der Waals surface area contributed by atoms with Crippen LogP contribution in [0.5, 0.6) is 0 Å². The Morgan fingerprint density at radius 1 is 0.971 bits per heavy atom. The van der Waals surface area contributed by atoms with Crippen LogP contribution >= 0.6 is 0 Å². The summed E-state index contributed by atoms with van der Waals surface area (Å²) in [5.41, 5.74) is 3.40. The van der Waals surface area contributed by atoms with Gasteiger partial charge in [0, 0.05) is 18.7 Å². The molecule has 0 saturated heterocycles. The smallest absolute Gasteiger partial charge is 0.469 e. The van der Waals surface area contributed by atoms with E-state index in [0.717, 1.165) is 33.2 Å². The molecule has 0 atom stereocenters. The highest BCUT2D eigenvalue weighted by Gasteiger charge is 2.32. The fourth-order valence-corrected chi connectivity index (χ4v) is 4.52. The van der Waals surface area contributed by atoms with Crippen molar-refractivity contribution in [2.75, 3.05) is 25.7 Å². The number of nitrogens with zero attached hydrogens (tertiary/aromatic N) is 1. The maximum absolute atomic E-state index is 13.7. The molecule has 9 heteroatoms. The predicted octanol–water partition coefficient (Wildman–Crippen LogP) is 5.15. The van der Waals surface area contributed by atoms with Crippen molar-refractivity contribution in [2.24, 2.45) is 0 Å². The minimum atomic E-state index is -5.37. The van der Waals surface area contributed by atoms with Crippen LogP contribution in [-0.2, 0) is 20.7 Å². The van der Waals surface area contributed by atoms with Crippen LogP contribution in [0.1, 0.15) is 28.2 Å². The Bertz CT molecular complexity index is 1250. The minimum Gasteiger partial charge on any atom is -0.469 e. The Morgan fingerprint density at radius 3 is 2.09 bits per heavy atom. The van der Waals surface area contributed by atoms with Crippen molar-refractivity contribution in [2.45, 2.75) is 19.3 Å². The van der Waals surface area contributed by atoms with E-state index in [0.29, 0.717) is 0 Å². The molecule has 0 spiro atoms. The average Bonchev–Trinajstić information content (AvgIpc) is 3.16. The number of fused-ring (bicyclic) bond motifs is 3. The van der Waals surface area contributed by atoms with Gasteiger partial charge in [0.05, 0.1) is 13.5 Å². The van der Waals surface area contributed by atoms with Crippen molar-refractivity contribution in [3.05, 3.63) is 82.9 Å². The van der Waals surface area contributed by atoms with Crippen LogP contribution in [0.25, 0.3) is 11.1 Å². The maximum Gasteiger partial charge on any atom is 0.509 e. The molecule has 0 saturated carbocycles. The number of benzene rings is 3. The van der Waals surface area contributed by atoms with Gasteiger partial charge in [-0.2, -0.15) is 0 Å². The molecule has 1 amide bonds. The molecule has 0 fully saturated rings. The summed E-state index contributed by atoms with van der Waals surface area (Å²) in [6.07, 6.45) is -1.13. The van der Waals surface area contributed by atoms with E-state index < -0.39 is 24.5 Å². The molecule has 3 aromatic rings. The van der Waals surface area contributed by atoms with Crippen molar-refractivity contribution >= 4 is 30.2 Å². The van der Waals surface area contributed by atoms with E-state index in [1.54, 1.807) is 0 Å². The number of carbonyl (C=O) groups is 2. The van der Waals surface area contributed by atoms with Crippen molar-refractivity contribution < 1.29 is 32.0 Å². The summed E-state index contributed by atoms with van der Waals surface area (Å²) in [4.78, 5) is 25.7. The lowest BCUT2D eigenvalue weighted by molar-refractivity contribution is -0.139. The summed E-state index contributed by atoms with van der Waals surface area (Å²) in [5, 5.41) is 0.